The molecule has 0 radical (unpaired) electrons. The highest BCUT2D eigenvalue weighted by molar-refractivity contribution is 6.02. The third kappa shape index (κ3) is 2.63. The van der Waals surface area contributed by atoms with E-state index in [4.69, 9.17) is 0 Å². The van der Waals surface area contributed by atoms with Crippen molar-refractivity contribution in [3.8, 4) is 0 Å². The van der Waals surface area contributed by atoms with Gasteiger partial charge in [-0.3, -0.25) is 19.3 Å². The van der Waals surface area contributed by atoms with Crippen LogP contribution in [0.1, 0.15) is 42.9 Å². The van der Waals surface area contributed by atoms with Crippen LogP contribution in [0.2, 0.25) is 0 Å². The standard InChI is InChI=1S/C17H20N2O3/c1-18(14-7-6-12-4-2-3-5-13(12)14)15(20)10-11-19-16(21)8-9-17(19)22/h2-5,14H,6-11H2,1H3. The van der Waals surface area contributed by atoms with E-state index in [0.29, 0.717) is 0 Å². The molecule has 1 aromatic carbocycles. The maximum absolute atomic E-state index is 12.4. The monoisotopic (exact) mass is 300 g/mol. The second-order valence-corrected chi connectivity index (χ2v) is 5.95. The number of carbonyl (C=O) groups excluding carboxylic acids is 3. The van der Waals surface area contributed by atoms with Crippen LogP contribution < -0.4 is 0 Å². The molecule has 1 saturated heterocycles. The van der Waals surface area contributed by atoms with Crippen molar-refractivity contribution in [2.24, 2.45) is 0 Å². The second kappa shape index (κ2) is 5.91. The van der Waals surface area contributed by atoms with Crippen molar-refractivity contribution in [2.75, 3.05) is 13.6 Å². The Morgan fingerprint density at radius 3 is 2.59 bits per heavy atom. The van der Waals surface area contributed by atoms with Gasteiger partial charge < -0.3 is 4.90 Å². The molecular formula is C17H20N2O3. The zero-order chi connectivity index (χ0) is 15.7. The molecule has 1 aromatic rings. The Morgan fingerprint density at radius 1 is 1.18 bits per heavy atom. The van der Waals surface area contributed by atoms with Crippen molar-refractivity contribution in [3.63, 3.8) is 0 Å². The molecule has 22 heavy (non-hydrogen) atoms. The Morgan fingerprint density at radius 2 is 1.86 bits per heavy atom. The third-order valence-corrected chi connectivity index (χ3v) is 4.67. The molecule has 0 saturated carbocycles. The van der Waals surface area contributed by atoms with Gasteiger partial charge in [0.05, 0.1) is 6.04 Å². The van der Waals surface area contributed by atoms with Crippen LogP contribution in [0.15, 0.2) is 24.3 Å². The minimum atomic E-state index is -0.160. The second-order valence-electron chi connectivity index (χ2n) is 5.95. The first-order valence-electron chi connectivity index (χ1n) is 7.74. The fourth-order valence-electron chi connectivity index (χ4n) is 3.37. The smallest absolute Gasteiger partial charge is 0.229 e. The molecule has 1 aliphatic carbocycles. The van der Waals surface area contributed by atoms with Crippen LogP contribution >= 0.6 is 0 Å². The Bertz CT molecular complexity index is 610. The van der Waals surface area contributed by atoms with Crippen LogP contribution in [0.3, 0.4) is 0 Å². The molecule has 0 N–H and O–H groups in total. The van der Waals surface area contributed by atoms with Gasteiger partial charge in [0.2, 0.25) is 17.7 Å². The van der Waals surface area contributed by atoms with Crippen LogP contribution in [0.5, 0.6) is 0 Å². The summed E-state index contributed by atoms with van der Waals surface area (Å²) in [5, 5.41) is 0. The average molecular weight is 300 g/mol. The summed E-state index contributed by atoms with van der Waals surface area (Å²) in [6.45, 7) is 0.204. The van der Waals surface area contributed by atoms with E-state index in [1.54, 1.807) is 4.90 Å². The number of hydrogen-bond acceptors (Lipinski definition) is 3. The molecule has 1 fully saturated rings. The third-order valence-electron chi connectivity index (χ3n) is 4.67. The lowest BCUT2D eigenvalue weighted by Crippen LogP contribution is -2.36. The van der Waals surface area contributed by atoms with E-state index in [1.165, 1.54) is 16.0 Å². The van der Waals surface area contributed by atoms with Crippen molar-refractivity contribution in [1.29, 1.82) is 0 Å². The van der Waals surface area contributed by atoms with Crippen LogP contribution in [-0.4, -0.2) is 41.1 Å². The molecule has 3 rings (SSSR count). The summed E-state index contributed by atoms with van der Waals surface area (Å²) in [7, 11) is 1.81. The number of aryl methyl sites for hydroxylation is 1. The number of amides is 3. The molecule has 1 unspecified atom stereocenters. The van der Waals surface area contributed by atoms with Gasteiger partial charge in [0, 0.05) is 32.9 Å². The summed E-state index contributed by atoms with van der Waals surface area (Å²) in [6.07, 6.45) is 2.68. The van der Waals surface area contributed by atoms with Crippen molar-refractivity contribution < 1.29 is 14.4 Å². The number of imide groups is 1. The summed E-state index contributed by atoms with van der Waals surface area (Å²) >= 11 is 0. The fraction of sp³-hybridized carbons (Fsp3) is 0.471. The maximum atomic E-state index is 12.4. The molecule has 1 aliphatic heterocycles. The molecule has 5 heteroatoms. The molecule has 116 valence electrons. The van der Waals surface area contributed by atoms with Crippen molar-refractivity contribution in [1.82, 2.24) is 9.80 Å². The van der Waals surface area contributed by atoms with E-state index in [-0.39, 0.29) is 49.6 Å². The fourth-order valence-corrected chi connectivity index (χ4v) is 3.37. The summed E-state index contributed by atoms with van der Waals surface area (Å²) < 4.78 is 0. The highest BCUT2D eigenvalue weighted by atomic mass is 16.2. The van der Waals surface area contributed by atoms with Gasteiger partial charge in [-0.15, -0.1) is 0 Å². The molecule has 0 spiro atoms. The van der Waals surface area contributed by atoms with Crippen molar-refractivity contribution >= 4 is 17.7 Å². The summed E-state index contributed by atoms with van der Waals surface area (Å²) in [4.78, 5) is 38.5. The minimum absolute atomic E-state index is 0.0193. The number of carbonyl (C=O) groups is 3. The Kier molecular flexibility index (Phi) is 3.96. The van der Waals surface area contributed by atoms with Crippen molar-refractivity contribution in [3.05, 3.63) is 35.4 Å². The van der Waals surface area contributed by atoms with Crippen LogP contribution in [0.25, 0.3) is 0 Å². The number of benzene rings is 1. The van der Waals surface area contributed by atoms with E-state index in [1.807, 2.05) is 19.2 Å². The summed E-state index contributed by atoms with van der Waals surface area (Å²) in [6, 6.07) is 8.30. The Labute approximate surface area is 129 Å². The quantitative estimate of drug-likeness (QED) is 0.795. The average Bonchev–Trinajstić information content (AvgIpc) is 3.08. The number of likely N-dealkylation sites (tertiary alicyclic amines) is 1. The highest BCUT2D eigenvalue weighted by Gasteiger charge is 2.31. The normalized spacial score (nSPS) is 20.4. The zero-order valence-corrected chi connectivity index (χ0v) is 12.7. The van der Waals surface area contributed by atoms with Gasteiger partial charge in [0.15, 0.2) is 0 Å². The SMILES string of the molecule is CN(C(=O)CCN1C(=O)CCC1=O)C1CCc2ccccc21. The predicted octanol–water partition coefficient (Wildman–Crippen LogP) is 1.67. The maximum Gasteiger partial charge on any atom is 0.229 e. The highest BCUT2D eigenvalue weighted by Crippen LogP contribution is 2.35. The van der Waals surface area contributed by atoms with Gasteiger partial charge in [-0.05, 0) is 24.0 Å². The number of hydrogen-bond donors (Lipinski definition) is 0. The van der Waals surface area contributed by atoms with Gasteiger partial charge in [-0.2, -0.15) is 0 Å². The molecular weight excluding hydrogens is 280 g/mol. The van der Waals surface area contributed by atoms with Gasteiger partial charge in [-0.1, -0.05) is 24.3 Å². The van der Waals surface area contributed by atoms with E-state index < -0.39 is 0 Å². The number of rotatable bonds is 4. The minimum Gasteiger partial charge on any atom is -0.339 e. The van der Waals surface area contributed by atoms with E-state index >= 15 is 0 Å². The lowest BCUT2D eigenvalue weighted by Gasteiger charge is -2.26. The molecule has 1 heterocycles. The molecule has 2 aliphatic rings. The Balaban J connectivity index is 1.61. The molecule has 1 atom stereocenters. The number of nitrogens with zero attached hydrogens (tertiary/aromatic N) is 2. The molecule has 0 aromatic heterocycles. The first-order valence-corrected chi connectivity index (χ1v) is 7.74. The number of fused-ring (bicyclic) bond motifs is 1. The summed E-state index contributed by atoms with van der Waals surface area (Å²) in [5.74, 6) is -0.340. The van der Waals surface area contributed by atoms with Gasteiger partial charge in [-0.25, -0.2) is 0 Å². The van der Waals surface area contributed by atoms with Gasteiger partial charge in [0.25, 0.3) is 0 Å². The Hall–Kier alpha value is -2.17. The zero-order valence-electron chi connectivity index (χ0n) is 12.7. The van der Waals surface area contributed by atoms with E-state index in [2.05, 4.69) is 12.1 Å². The largest absolute Gasteiger partial charge is 0.339 e. The van der Waals surface area contributed by atoms with Gasteiger partial charge in [0.1, 0.15) is 0 Å². The summed E-state index contributed by atoms with van der Waals surface area (Å²) in [5.41, 5.74) is 2.52. The van der Waals surface area contributed by atoms with E-state index in [9.17, 15) is 14.4 Å². The van der Waals surface area contributed by atoms with Crippen LogP contribution in [0, 0.1) is 0 Å². The van der Waals surface area contributed by atoms with Crippen molar-refractivity contribution in [2.45, 2.75) is 38.1 Å². The van der Waals surface area contributed by atoms with Crippen LogP contribution in [-0.2, 0) is 20.8 Å². The van der Waals surface area contributed by atoms with E-state index in [0.717, 1.165) is 12.8 Å². The first kappa shape index (κ1) is 14.8. The topological polar surface area (TPSA) is 57.7 Å². The van der Waals surface area contributed by atoms with Crippen LogP contribution in [0.4, 0.5) is 0 Å². The van der Waals surface area contributed by atoms with Gasteiger partial charge >= 0.3 is 0 Å². The molecule has 3 amide bonds. The lowest BCUT2D eigenvalue weighted by molar-refractivity contribution is -0.139. The molecule has 5 nitrogen and oxygen atoms in total. The predicted molar refractivity (Wildman–Crippen MR) is 80.8 cm³/mol. The molecule has 0 bridgehead atoms. The lowest BCUT2D eigenvalue weighted by atomic mass is 10.1. The first-order chi connectivity index (χ1) is 10.6.